The SMILES string of the molecule is CC(CC(C)P(c1ccc(C(F)(F)F)cc1)c1ccc(C(F)(F)F)cc1)P(c1ccc(C(F)(F)F)cc1)c1ccc(C(F)(F)F)cc1. The molecule has 252 valence electrons. The largest absolute Gasteiger partial charge is 0.416 e. The Morgan fingerprint density at radius 2 is 0.532 bits per heavy atom. The zero-order chi connectivity index (χ0) is 34.9. The van der Waals surface area contributed by atoms with Gasteiger partial charge in [0, 0.05) is 0 Å². The van der Waals surface area contributed by atoms with Gasteiger partial charge >= 0.3 is 24.7 Å². The molecule has 2 atom stereocenters. The first-order valence-electron chi connectivity index (χ1n) is 13.9. The molecule has 0 N–H and O–H groups in total. The highest BCUT2D eigenvalue weighted by molar-refractivity contribution is 7.74. The van der Waals surface area contributed by atoms with Crippen molar-refractivity contribution in [1.82, 2.24) is 0 Å². The third-order valence-electron chi connectivity index (χ3n) is 7.45. The monoisotopic (exact) mass is 712 g/mol. The maximum Gasteiger partial charge on any atom is 0.416 e. The van der Waals surface area contributed by atoms with Crippen molar-refractivity contribution in [3.05, 3.63) is 119 Å². The van der Waals surface area contributed by atoms with E-state index >= 15 is 0 Å². The van der Waals surface area contributed by atoms with E-state index in [0.717, 1.165) is 48.5 Å². The number of alkyl halides is 12. The fourth-order valence-corrected chi connectivity index (χ4v) is 11.0. The lowest BCUT2D eigenvalue weighted by molar-refractivity contribution is -0.138. The first kappa shape index (κ1) is 36.7. The second-order valence-corrected chi connectivity index (χ2v) is 16.2. The van der Waals surface area contributed by atoms with Gasteiger partial charge in [-0.15, -0.1) is 0 Å². The highest BCUT2D eigenvalue weighted by atomic mass is 31.1. The van der Waals surface area contributed by atoms with E-state index in [2.05, 4.69) is 0 Å². The highest BCUT2D eigenvalue weighted by Crippen LogP contribution is 2.49. The molecule has 0 bridgehead atoms. The summed E-state index contributed by atoms with van der Waals surface area (Å²) in [6.07, 6.45) is -18.2. The maximum absolute atomic E-state index is 13.3. The van der Waals surface area contributed by atoms with Crippen LogP contribution in [0.4, 0.5) is 52.7 Å². The van der Waals surface area contributed by atoms with Crippen LogP contribution in [-0.4, -0.2) is 11.3 Å². The predicted octanol–water partition coefficient (Wildman–Crippen LogP) is 10.5. The molecule has 0 fully saturated rings. The summed E-state index contributed by atoms with van der Waals surface area (Å²) in [4.78, 5) is 0. The zero-order valence-corrected chi connectivity index (χ0v) is 26.3. The lowest BCUT2D eigenvalue weighted by atomic mass is 10.2. The Morgan fingerprint density at radius 1 is 0.362 bits per heavy atom. The van der Waals surface area contributed by atoms with Crippen molar-refractivity contribution in [1.29, 1.82) is 0 Å². The normalized spacial score (nSPS) is 14.5. The van der Waals surface area contributed by atoms with E-state index in [4.69, 9.17) is 0 Å². The summed E-state index contributed by atoms with van der Waals surface area (Å²) >= 11 is 0. The lowest BCUT2D eigenvalue weighted by Gasteiger charge is -2.32. The molecule has 4 rings (SSSR count). The second kappa shape index (κ2) is 13.8. The van der Waals surface area contributed by atoms with Crippen molar-refractivity contribution in [2.75, 3.05) is 0 Å². The van der Waals surface area contributed by atoms with Crippen molar-refractivity contribution < 1.29 is 52.7 Å². The van der Waals surface area contributed by atoms with Gasteiger partial charge in [0.2, 0.25) is 0 Å². The Morgan fingerprint density at radius 3 is 0.681 bits per heavy atom. The third kappa shape index (κ3) is 9.08. The van der Waals surface area contributed by atoms with Crippen LogP contribution < -0.4 is 21.2 Å². The predicted molar refractivity (Wildman–Crippen MR) is 162 cm³/mol. The molecule has 0 aliphatic rings. The molecule has 0 saturated carbocycles. The molecule has 0 saturated heterocycles. The summed E-state index contributed by atoms with van der Waals surface area (Å²) in [5, 5.41) is 1.84. The third-order valence-corrected chi connectivity index (χ3v) is 13.1. The first-order valence-corrected chi connectivity index (χ1v) is 16.8. The number of hydrogen-bond donors (Lipinski definition) is 0. The van der Waals surface area contributed by atoms with Crippen LogP contribution in [0.15, 0.2) is 97.1 Å². The van der Waals surface area contributed by atoms with Crippen molar-refractivity contribution in [2.24, 2.45) is 0 Å². The van der Waals surface area contributed by atoms with Gasteiger partial charge in [0.25, 0.3) is 0 Å². The van der Waals surface area contributed by atoms with Crippen molar-refractivity contribution >= 4 is 37.1 Å². The van der Waals surface area contributed by atoms with Gasteiger partial charge in [0.1, 0.15) is 0 Å². The van der Waals surface area contributed by atoms with E-state index in [9.17, 15) is 52.7 Å². The van der Waals surface area contributed by atoms with Crippen molar-refractivity contribution in [3.8, 4) is 0 Å². The van der Waals surface area contributed by atoms with Gasteiger partial charge in [-0.25, -0.2) is 0 Å². The summed E-state index contributed by atoms with van der Waals surface area (Å²) in [5.74, 6) is 0. The molecule has 2 unspecified atom stereocenters. The van der Waals surface area contributed by atoms with E-state index in [-0.39, 0.29) is 11.3 Å². The van der Waals surface area contributed by atoms with Crippen LogP contribution >= 0.6 is 15.8 Å². The Bertz CT molecular complexity index is 1360. The van der Waals surface area contributed by atoms with Crippen LogP contribution in [0.25, 0.3) is 0 Å². The van der Waals surface area contributed by atoms with E-state index in [1.54, 1.807) is 13.8 Å². The average molecular weight is 712 g/mol. The summed E-state index contributed by atoms with van der Waals surface area (Å²) in [6.45, 7) is 3.56. The van der Waals surface area contributed by atoms with Gasteiger partial charge in [0.15, 0.2) is 0 Å². The fourth-order valence-electron chi connectivity index (χ4n) is 5.26. The number of hydrogen-bond acceptors (Lipinski definition) is 0. The first-order chi connectivity index (χ1) is 21.7. The number of benzene rings is 4. The summed E-state index contributed by atoms with van der Waals surface area (Å²) in [7, 11) is -3.13. The quantitative estimate of drug-likeness (QED) is 0.126. The van der Waals surface area contributed by atoms with Crippen LogP contribution in [0, 0.1) is 0 Å². The van der Waals surface area contributed by atoms with Gasteiger partial charge in [-0.3, -0.25) is 0 Å². The Hall–Kier alpha value is -3.10. The molecular formula is C33H26F12P2. The summed E-state index contributed by atoms with van der Waals surface area (Å²) in [6, 6.07) is 17.4. The number of halogens is 12. The molecule has 47 heavy (non-hydrogen) atoms. The average Bonchev–Trinajstić information content (AvgIpc) is 2.97. The highest BCUT2D eigenvalue weighted by Gasteiger charge is 2.35. The van der Waals surface area contributed by atoms with Gasteiger partial charge in [-0.05, 0) is 103 Å². The Balaban J connectivity index is 1.74. The Kier molecular flexibility index (Phi) is 10.8. The minimum absolute atomic E-state index is 0.293. The lowest BCUT2D eigenvalue weighted by Crippen LogP contribution is -2.27. The zero-order valence-electron chi connectivity index (χ0n) is 24.5. The van der Waals surface area contributed by atoms with Crippen LogP contribution in [0.5, 0.6) is 0 Å². The van der Waals surface area contributed by atoms with Crippen molar-refractivity contribution in [3.63, 3.8) is 0 Å². The molecule has 4 aromatic rings. The molecule has 0 radical (unpaired) electrons. The van der Waals surface area contributed by atoms with Gasteiger partial charge in [-0.1, -0.05) is 62.4 Å². The maximum atomic E-state index is 13.3. The van der Waals surface area contributed by atoms with Crippen molar-refractivity contribution in [2.45, 2.75) is 56.3 Å². The molecule has 0 heterocycles. The molecule has 14 heteroatoms. The van der Waals surface area contributed by atoms with E-state index in [1.165, 1.54) is 48.5 Å². The number of rotatable bonds is 8. The Labute approximate surface area is 265 Å². The van der Waals surface area contributed by atoms with Crippen LogP contribution in [0.2, 0.25) is 0 Å². The molecule has 0 aliphatic carbocycles. The van der Waals surface area contributed by atoms with Crippen LogP contribution in [0.3, 0.4) is 0 Å². The topological polar surface area (TPSA) is 0 Å². The minimum atomic E-state index is -4.62. The molecule has 0 nitrogen and oxygen atoms in total. The second-order valence-electron chi connectivity index (χ2n) is 10.9. The van der Waals surface area contributed by atoms with E-state index in [0.29, 0.717) is 27.6 Å². The van der Waals surface area contributed by atoms with Crippen LogP contribution in [0.1, 0.15) is 42.5 Å². The summed E-state index contributed by atoms with van der Waals surface area (Å²) < 4.78 is 160. The molecule has 4 aromatic carbocycles. The van der Waals surface area contributed by atoms with Crippen LogP contribution in [-0.2, 0) is 24.7 Å². The van der Waals surface area contributed by atoms with E-state index in [1.807, 2.05) is 0 Å². The van der Waals surface area contributed by atoms with Gasteiger partial charge < -0.3 is 0 Å². The minimum Gasteiger partial charge on any atom is -0.166 e. The fraction of sp³-hybridized carbons (Fsp3) is 0.273. The van der Waals surface area contributed by atoms with Gasteiger partial charge in [0.05, 0.1) is 22.3 Å². The smallest absolute Gasteiger partial charge is 0.166 e. The van der Waals surface area contributed by atoms with E-state index < -0.39 is 62.8 Å². The molecule has 0 spiro atoms. The molecule has 0 amide bonds. The molecular weight excluding hydrogens is 686 g/mol. The van der Waals surface area contributed by atoms with Gasteiger partial charge in [-0.2, -0.15) is 52.7 Å². The molecule has 0 aliphatic heterocycles. The summed E-state index contributed by atoms with van der Waals surface area (Å²) in [5.41, 5.74) is -4.39. The molecule has 0 aromatic heterocycles. The standard InChI is InChI=1S/C33H26F12P2/c1-20(46(26-11-3-22(4-12-26)30(34,35)36)27-13-5-23(6-14-27)31(37,38)39)19-21(2)47(28-15-7-24(8-16-28)32(40,41)42)29-17-9-25(10-18-29)33(43,44)45/h3-18,20-21H,19H2,1-2H3.